The van der Waals surface area contributed by atoms with Gasteiger partial charge in [-0.3, -0.25) is 9.59 Å². The lowest BCUT2D eigenvalue weighted by molar-refractivity contribution is -0.139. The molecule has 0 spiro atoms. The molecule has 34 heavy (non-hydrogen) atoms. The van der Waals surface area contributed by atoms with E-state index in [4.69, 9.17) is 9.47 Å². The predicted octanol–water partition coefficient (Wildman–Crippen LogP) is 3.56. The van der Waals surface area contributed by atoms with Crippen molar-refractivity contribution in [3.8, 4) is 17.2 Å². The summed E-state index contributed by atoms with van der Waals surface area (Å²) in [6, 6.07) is 10.5. The van der Waals surface area contributed by atoms with Crippen LogP contribution < -0.4 is 9.47 Å². The van der Waals surface area contributed by atoms with E-state index in [0.29, 0.717) is 48.8 Å². The van der Waals surface area contributed by atoms with Crippen molar-refractivity contribution in [2.24, 2.45) is 0 Å². The fourth-order valence-corrected chi connectivity index (χ4v) is 4.05. The molecule has 2 aromatic carbocycles. The third kappa shape index (κ3) is 5.34. The van der Waals surface area contributed by atoms with Gasteiger partial charge < -0.3 is 29.5 Å². The number of aliphatic hydroxyl groups is 1. The quantitative estimate of drug-likeness (QED) is 0.312. The third-order valence-electron chi connectivity index (χ3n) is 5.57. The largest absolute Gasteiger partial charge is 0.508 e. The number of phenols is 1. The van der Waals surface area contributed by atoms with Gasteiger partial charge in [0.25, 0.3) is 11.7 Å². The lowest BCUT2D eigenvalue weighted by atomic mass is 9.95. The van der Waals surface area contributed by atoms with E-state index in [-0.39, 0.29) is 17.1 Å². The zero-order valence-corrected chi connectivity index (χ0v) is 20.1. The van der Waals surface area contributed by atoms with Gasteiger partial charge in [0.1, 0.15) is 23.0 Å². The van der Waals surface area contributed by atoms with Gasteiger partial charge in [0.2, 0.25) is 0 Å². The minimum atomic E-state index is -0.788. The van der Waals surface area contributed by atoms with E-state index in [1.165, 1.54) is 17.0 Å². The van der Waals surface area contributed by atoms with Crippen molar-refractivity contribution >= 4 is 17.4 Å². The monoisotopic (exact) mass is 468 g/mol. The zero-order valence-electron chi connectivity index (χ0n) is 20.1. The SMILES string of the molecule is CCOc1ccc(/C(O)=C2/C(=O)C(=O)N(CCCN(C)C)C2c2ccc(O)cc2)c(OCC)c1. The molecule has 1 aliphatic heterocycles. The summed E-state index contributed by atoms with van der Waals surface area (Å²) in [6.07, 6.45) is 0.655. The van der Waals surface area contributed by atoms with Crippen LogP contribution in [0.2, 0.25) is 0 Å². The summed E-state index contributed by atoms with van der Waals surface area (Å²) in [6.45, 7) is 5.57. The molecule has 1 saturated heterocycles. The Morgan fingerprint density at radius 1 is 1.03 bits per heavy atom. The van der Waals surface area contributed by atoms with Crippen LogP contribution in [0.4, 0.5) is 0 Å². The summed E-state index contributed by atoms with van der Waals surface area (Å²) in [4.78, 5) is 29.7. The number of carbonyl (C=O) groups excluding carboxylic acids is 2. The maximum Gasteiger partial charge on any atom is 0.295 e. The molecular weight excluding hydrogens is 436 g/mol. The first kappa shape index (κ1) is 25.1. The van der Waals surface area contributed by atoms with Gasteiger partial charge in [-0.1, -0.05) is 12.1 Å². The Morgan fingerprint density at radius 3 is 2.32 bits per heavy atom. The maximum absolute atomic E-state index is 13.2. The molecule has 182 valence electrons. The highest BCUT2D eigenvalue weighted by atomic mass is 16.5. The van der Waals surface area contributed by atoms with Gasteiger partial charge in [-0.25, -0.2) is 0 Å². The highest BCUT2D eigenvalue weighted by Crippen LogP contribution is 2.42. The van der Waals surface area contributed by atoms with Gasteiger partial charge in [0.15, 0.2) is 0 Å². The van der Waals surface area contributed by atoms with Gasteiger partial charge in [-0.05, 0) is 70.7 Å². The summed E-state index contributed by atoms with van der Waals surface area (Å²) in [5.41, 5.74) is 0.915. The number of hydrogen-bond acceptors (Lipinski definition) is 7. The van der Waals surface area contributed by atoms with Crippen molar-refractivity contribution in [3.05, 3.63) is 59.2 Å². The average molecular weight is 469 g/mol. The summed E-state index contributed by atoms with van der Waals surface area (Å²) in [7, 11) is 3.87. The Kier molecular flexibility index (Phi) is 8.17. The van der Waals surface area contributed by atoms with Crippen LogP contribution in [0.1, 0.15) is 37.4 Å². The van der Waals surface area contributed by atoms with Crippen LogP contribution in [0, 0.1) is 0 Å². The molecule has 8 heteroatoms. The number of nitrogens with zero attached hydrogens (tertiary/aromatic N) is 2. The molecule has 8 nitrogen and oxygen atoms in total. The van der Waals surface area contributed by atoms with Crippen LogP contribution in [-0.2, 0) is 9.59 Å². The number of amides is 1. The molecule has 2 N–H and O–H groups in total. The molecule has 1 unspecified atom stereocenters. The van der Waals surface area contributed by atoms with E-state index < -0.39 is 17.7 Å². The molecule has 3 rings (SSSR count). The molecule has 0 saturated carbocycles. The van der Waals surface area contributed by atoms with E-state index in [1.54, 1.807) is 30.3 Å². The molecule has 1 heterocycles. The second-order valence-electron chi connectivity index (χ2n) is 8.26. The number of likely N-dealkylation sites (tertiary alicyclic amines) is 1. The van der Waals surface area contributed by atoms with E-state index in [2.05, 4.69) is 0 Å². The van der Waals surface area contributed by atoms with Crippen molar-refractivity contribution in [2.75, 3.05) is 40.4 Å². The van der Waals surface area contributed by atoms with Crippen LogP contribution in [-0.4, -0.2) is 72.1 Å². The Morgan fingerprint density at radius 2 is 1.71 bits per heavy atom. The van der Waals surface area contributed by atoms with Crippen molar-refractivity contribution < 1.29 is 29.3 Å². The standard InChI is InChI=1S/C26H32N2O6/c1-5-33-19-12-13-20(21(16-19)34-6-2)24(30)22-23(17-8-10-18(29)11-9-17)28(26(32)25(22)31)15-7-14-27(3)4/h8-13,16,23,29-30H,5-7,14-15H2,1-4H3/b24-22-. The number of phenolic OH excluding ortho intramolecular Hbond substituents is 1. The molecule has 0 aromatic heterocycles. The van der Waals surface area contributed by atoms with Crippen LogP contribution in [0.25, 0.3) is 5.76 Å². The van der Waals surface area contributed by atoms with Crippen LogP contribution in [0.3, 0.4) is 0 Å². The minimum Gasteiger partial charge on any atom is -0.508 e. The number of ether oxygens (including phenoxy) is 2. The van der Waals surface area contributed by atoms with Crippen LogP contribution in [0.5, 0.6) is 17.2 Å². The first-order chi connectivity index (χ1) is 16.3. The number of benzene rings is 2. The fourth-order valence-electron chi connectivity index (χ4n) is 4.05. The van der Waals surface area contributed by atoms with Gasteiger partial charge in [-0.2, -0.15) is 0 Å². The first-order valence-electron chi connectivity index (χ1n) is 11.4. The molecule has 1 aliphatic rings. The molecule has 1 amide bonds. The Bertz CT molecular complexity index is 1060. The predicted molar refractivity (Wildman–Crippen MR) is 129 cm³/mol. The Hall–Kier alpha value is -3.52. The summed E-state index contributed by atoms with van der Waals surface area (Å²) in [5, 5.41) is 21.1. The lowest BCUT2D eigenvalue weighted by Gasteiger charge is -2.26. The number of Topliss-reactive ketones (excluding diaryl/α,β-unsaturated/α-hetero) is 1. The molecule has 2 aromatic rings. The second-order valence-corrected chi connectivity index (χ2v) is 8.26. The molecule has 1 atom stereocenters. The highest BCUT2D eigenvalue weighted by molar-refractivity contribution is 6.46. The van der Waals surface area contributed by atoms with Gasteiger partial charge in [0, 0.05) is 12.6 Å². The Balaban J connectivity index is 2.13. The van der Waals surface area contributed by atoms with E-state index in [0.717, 1.165) is 6.54 Å². The van der Waals surface area contributed by atoms with Crippen LogP contribution >= 0.6 is 0 Å². The lowest BCUT2D eigenvalue weighted by Crippen LogP contribution is -2.32. The zero-order chi connectivity index (χ0) is 24.8. The number of aromatic hydroxyl groups is 1. The van der Waals surface area contributed by atoms with Gasteiger partial charge in [-0.15, -0.1) is 0 Å². The molecular formula is C26H32N2O6. The minimum absolute atomic E-state index is 0.00865. The third-order valence-corrected chi connectivity index (χ3v) is 5.57. The van der Waals surface area contributed by atoms with Gasteiger partial charge in [0.05, 0.1) is 30.4 Å². The van der Waals surface area contributed by atoms with E-state index in [1.807, 2.05) is 32.8 Å². The molecule has 0 radical (unpaired) electrons. The number of ketones is 1. The number of hydrogen-bond donors (Lipinski definition) is 2. The van der Waals surface area contributed by atoms with Gasteiger partial charge >= 0.3 is 0 Å². The topological polar surface area (TPSA) is 99.5 Å². The maximum atomic E-state index is 13.2. The normalized spacial score (nSPS) is 17.4. The summed E-state index contributed by atoms with van der Waals surface area (Å²) >= 11 is 0. The van der Waals surface area contributed by atoms with Crippen molar-refractivity contribution in [2.45, 2.75) is 26.3 Å². The van der Waals surface area contributed by atoms with E-state index >= 15 is 0 Å². The number of carbonyl (C=O) groups is 2. The first-order valence-corrected chi connectivity index (χ1v) is 11.4. The van der Waals surface area contributed by atoms with Crippen LogP contribution in [0.15, 0.2) is 48.0 Å². The molecule has 0 bridgehead atoms. The van der Waals surface area contributed by atoms with Crippen molar-refractivity contribution in [3.63, 3.8) is 0 Å². The number of aliphatic hydroxyl groups excluding tert-OH is 1. The summed E-state index contributed by atoms with van der Waals surface area (Å²) < 4.78 is 11.3. The Labute approximate surface area is 200 Å². The average Bonchev–Trinajstić information content (AvgIpc) is 3.05. The second kappa shape index (κ2) is 11.1. The fraction of sp³-hybridized carbons (Fsp3) is 0.385. The highest BCUT2D eigenvalue weighted by Gasteiger charge is 2.46. The molecule has 1 fully saturated rings. The number of rotatable bonds is 10. The molecule has 0 aliphatic carbocycles. The van der Waals surface area contributed by atoms with E-state index in [9.17, 15) is 19.8 Å². The van der Waals surface area contributed by atoms with Crippen molar-refractivity contribution in [1.82, 2.24) is 9.80 Å². The smallest absolute Gasteiger partial charge is 0.295 e. The summed E-state index contributed by atoms with van der Waals surface area (Å²) in [5.74, 6) is -0.730. The van der Waals surface area contributed by atoms with Crippen molar-refractivity contribution in [1.29, 1.82) is 0 Å².